The number of aromatic nitrogens is 4. The van der Waals surface area contributed by atoms with Crippen molar-refractivity contribution in [1.82, 2.24) is 20.2 Å². The van der Waals surface area contributed by atoms with E-state index in [1.165, 1.54) is 12.1 Å². The van der Waals surface area contributed by atoms with Crippen molar-refractivity contribution in [3.8, 4) is 5.75 Å². The first kappa shape index (κ1) is 22.5. The second-order valence-electron chi connectivity index (χ2n) is 7.12. The number of H-pyrrole nitrogens is 1. The van der Waals surface area contributed by atoms with Gasteiger partial charge in [0.15, 0.2) is 5.65 Å². The van der Waals surface area contributed by atoms with Gasteiger partial charge in [0, 0.05) is 17.6 Å². The summed E-state index contributed by atoms with van der Waals surface area (Å²) in [6, 6.07) is 13.2. The Kier molecular flexibility index (Phi) is 5.68. The van der Waals surface area contributed by atoms with Gasteiger partial charge in [0.05, 0.1) is 36.9 Å². The van der Waals surface area contributed by atoms with Crippen LogP contribution in [-0.2, 0) is 20.0 Å². The van der Waals surface area contributed by atoms with Crippen LogP contribution in [0.4, 0.5) is 23.0 Å². The van der Waals surface area contributed by atoms with Gasteiger partial charge >= 0.3 is 0 Å². The van der Waals surface area contributed by atoms with Crippen LogP contribution in [-0.4, -0.2) is 56.6 Å². The van der Waals surface area contributed by atoms with Crippen molar-refractivity contribution in [3.05, 3.63) is 60.9 Å². The molecule has 11 nitrogen and oxygen atoms in total. The standard InChI is InChI=1S/C20H20N6O5S2/c1-31-18-10-8-16(9-11-18)25(20-21-12-14-13-22-24-19(14)23-20)15-4-6-17(7-5-15)26(32(2,27)28)33(3,29)30/h4-13H,1-3H3,(H,21,22,23,24). The van der Waals surface area contributed by atoms with Crippen molar-refractivity contribution in [2.75, 3.05) is 28.2 Å². The quantitative estimate of drug-likeness (QED) is 0.416. The van der Waals surface area contributed by atoms with Gasteiger partial charge in [-0.15, -0.1) is 0 Å². The van der Waals surface area contributed by atoms with Gasteiger partial charge in [-0.1, -0.05) is 0 Å². The summed E-state index contributed by atoms with van der Waals surface area (Å²) in [7, 11) is -6.55. The molecule has 0 unspecified atom stereocenters. The molecule has 1 N–H and O–H groups in total. The lowest BCUT2D eigenvalue weighted by atomic mass is 10.2. The molecule has 0 aliphatic carbocycles. The molecule has 0 amide bonds. The molecule has 0 spiro atoms. The van der Waals surface area contributed by atoms with Crippen LogP contribution in [0, 0.1) is 0 Å². The Morgan fingerprint density at radius 3 is 1.91 bits per heavy atom. The number of hydrogen-bond donors (Lipinski definition) is 1. The monoisotopic (exact) mass is 488 g/mol. The number of aromatic amines is 1. The van der Waals surface area contributed by atoms with E-state index in [9.17, 15) is 16.8 Å². The Hall–Kier alpha value is -3.71. The fourth-order valence-corrected chi connectivity index (χ4v) is 6.28. The van der Waals surface area contributed by atoms with Gasteiger partial charge in [0.1, 0.15) is 5.75 Å². The minimum Gasteiger partial charge on any atom is -0.497 e. The first-order valence-electron chi connectivity index (χ1n) is 9.49. The van der Waals surface area contributed by atoms with Crippen LogP contribution < -0.4 is 13.3 Å². The number of hydrogen-bond acceptors (Lipinski definition) is 9. The Bertz CT molecular complexity index is 1470. The van der Waals surface area contributed by atoms with Crippen LogP contribution in [0.15, 0.2) is 60.9 Å². The molecule has 13 heteroatoms. The molecule has 0 saturated heterocycles. The molecule has 4 aromatic rings. The number of sulfonamides is 2. The molecule has 0 radical (unpaired) electrons. The van der Waals surface area contributed by atoms with Crippen LogP contribution in [0.3, 0.4) is 0 Å². The second-order valence-corrected chi connectivity index (χ2v) is 11.0. The fraction of sp³-hybridized carbons (Fsp3) is 0.150. The molecule has 0 fully saturated rings. The molecule has 0 saturated carbocycles. The molecule has 0 aliphatic rings. The van der Waals surface area contributed by atoms with Gasteiger partial charge in [-0.25, -0.2) is 21.8 Å². The molecule has 0 atom stereocenters. The molecule has 2 aromatic heterocycles. The van der Waals surface area contributed by atoms with Gasteiger partial charge in [-0.3, -0.25) is 10.00 Å². The lowest BCUT2D eigenvalue weighted by Gasteiger charge is -2.24. The number of ether oxygens (including phenoxy) is 1. The van der Waals surface area contributed by atoms with E-state index in [1.54, 1.807) is 48.7 Å². The van der Waals surface area contributed by atoms with E-state index in [4.69, 9.17) is 4.74 Å². The summed E-state index contributed by atoms with van der Waals surface area (Å²) in [5.74, 6) is 0.990. The van der Waals surface area contributed by atoms with Gasteiger partial charge < -0.3 is 4.74 Å². The summed E-state index contributed by atoms with van der Waals surface area (Å²) in [4.78, 5) is 10.7. The van der Waals surface area contributed by atoms with Crippen molar-refractivity contribution < 1.29 is 21.6 Å². The molecule has 0 bridgehead atoms. The third-order valence-electron chi connectivity index (χ3n) is 4.63. The van der Waals surface area contributed by atoms with Crippen LogP contribution in [0.5, 0.6) is 5.75 Å². The average Bonchev–Trinajstić information content (AvgIpc) is 3.22. The number of rotatable bonds is 7. The van der Waals surface area contributed by atoms with E-state index in [1.807, 2.05) is 12.1 Å². The van der Waals surface area contributed by atoms with Crippen molar-refractivity contribution in [3.63, 3.8) is 0 Å². The van der Waals surface area contributed by atoms with E-state index in [2.05, 4.69) is 20.2 Å². The summed E-state index contributed by atoms with van der Waals surface area (Å²) in [5, 5.41) is 7.51. The first-order valence-corrected chi connectivity index (χ1v) is 13.2. The highest BCUT2D eigenvalue weighted by Crippen LogP contribution is 2.35. The largest absolute Gasteiger partial charge is 0.497 e. The zero-order valence-corrected chi connectivity index (χ0v) is 19.5. The molecular weight excluding hydrogens is 468 g/mol. The zero-order chi connectivity index (χ0) is 23.8. The molecule has 0 aliphatic heterocycles. The van der Waals surface area contributed by atoms with Crippen molar-refractivity contribution in [1.29, 1.82) is 0 Å². The topological polar surface area (TPSA) is 138 Å². The van der Waals surface area contributed by atoms with E-state index < -0.39 is 20.0 Å². The Morgan fingerprint density at radius 1 is 0.818 bits per heavy atom. The summed E-state index contributed by atoms with van der Waals surface area (Å²) >= 11 is 0. The summed E-state index contributed by atoms with van der Waals surface area (Å²) < 4.78 is 54.0. The molecule has 2 aromatic carbocycles. The van der Waals surface area contributed by atoms with Crippen LogP contribution in [0.2, 0.25) is 0 Å². The highest BCUT2D eigenvalue weighted by molar-refractivity contribution is 8.09. The summed E-state index contributed by atoms with van der Waals surface area (Å²) in [6.45, 7) is 0. The van der Waals surface area contributed by atoms with Crippen molar-refractivity contribution in [2.45, 2.75) is 0 Å². The van der Waals surface area contributed by atoms with Crippen molar-refractivity contribution in [2.24, 2.45) is 0 Å². The number of nitrogens with zero attached hydrogens (tertiary/aromatic N) is 5. The minimum absolute atomic E-state index is 0.0108. The van der Waals surface area contributed by atoms with Gasteiger partial charge in [0.25, 0.3) is 0 Å². The number of methoxy groups -OCH3 is 1. The minimum atomic E-state index is -4.06. The zero-order valence-electron chi connectivity index (χ0n) is 17.9. The Labute approximate surface area is 190 Å². The SMILES string of the molecule is COc1ccc(N(c2ccc(N(S(C)(=O)=O)S(C)(=O)=O)cc2)c2ncc3cn[nH]c3n2)cc1. The molecule has 172 valence electrons. The third-order valence-corrected chi connectivity index (χ3v) is 7.88. The average molecular weight is 489 g/mol. The second kappa shape index (κ2) is 8.33. The molecule has 33 heavy (non-hydrogen) atoms. The summed E-state index contributed by atoms with van der Waals surface area (Å²) in [6.07, 6.45) is 4.90. The normalized spacial score (nSPS) is 12.0. The maximum atomic E-state index is 12.1. The lowest BCUT2D eigenvalue weighted by Crippen LogP contribution is -2.35. The van der Waals surface area contributed by atoms with E-state index in [0.717, 1.165) is 17.9 Å². The predicted octanol–water partition coefficient (Wildman–Crippen LogP) is 2.56. The number of fused-ring (bicyclic) bond motifs is 1. The Balaban J connectivity index is 1.83. The van der Waals surface area contributed by atoms with Crippen LogP contribution in [0.25, 0.3) is 11.0 Å². The van der Waals surface area contributed by atoms with E-state index in [-0.39, 0.29) is 5.69 Å². The molecular formula is C20H20N6O5S2. The predicted molar refractivity (Wildman–Crippen MR) is 125 cm³/mol. The smallest absolute Gasteiger partial charge is 0.245 e. The Morgan fingerprint density at radius 2 is 1.36 bits per heavy atom. The van der Waals surface area contributed by atoms with Gasteiger partial charge in [-0.05, 0) is 48.5 Å². The van der Waals surface area contributed by atoms with Crippen molar-refractivity contribution >= 4 is 54.1 Å². The maximum absolute atomic E-state index is 12.1. The highest BCUT2D eigenvalue weighted by atomic mass is 32.3. The highest BCUT2D eigenvalue weighted by Gasteiger charge is 2.27. The van der Waals surface area contributed by atoms with Gasteiger partial charge in [-0.2, -0.15) is 13.8 Å². The number of anilines is 4. The summed E-state index contributed by atoms with van der Waals surface area (Å²) in [5.41, 5.74) is 1.80. The fourth-order valence-electron chi connectivity index (χ4n) is 3.30. The lowest BCUT2D eigenvalue weighted by molar-refractivity contribution is 0.415. The van der Waals surface area contributed by atoms with Gasteiger partial charge in [0.2, 0.25) is 26.0 Å². The molecule has 2 heterocycles. The number of benzene rings is 2. The van der Waals surface area contributed by atoms with Crippen LogP contribution >= 0.6 is 0 Å². The van der Waals surface area contributed by atoms with E-state index in [0.29, 0.717) is 32.4 Å². The van der Waals surface area contributed by atoms with E-state index >= 15 is 0 Å². The third kappa shape index (κ3) is 4.59. The maximum Gasteiger partial charge on any atom is 0.245 e. The first-order chi connectivity index (χ1) is 15.6. The number of nitrogens with one attached hydrogen (secondary N) is 1. The molecule has 4 rings (SSSR count). The van der Waals surface area contributed by atoms with Crippen LogP contribution in [0.1, 0.15) is 0 Å².